The lowest BCUT2D eigenvalue weighted by Crippen LogP contribution is -2.44. The summed E-state index contributed by atoms with van der Waals surface area (Å²) in [5, 5.41) is 0. The van der Waals surface area contributed by atoms with Crippen molar-refractivity contribution >= 4 is 39.2 Å². The summed E-state index contributed by atoms with van der Waals surface area (Å²) in [6, 6.07) is 8.99. The first-order valence-corrected chi connectivity index (χ1v) is 14.8. The molecule has 2 aliphatic rings. The first-order chi connectivity index (χ1) is 18.4. The topological polar surface area (TPSA) is 106 Å². The van der Waals surface area contributed by atoms with Crippen LogP contribution in [-0.2, 0) is 24.4 Å². The maximum Gasteiger partial charge on any atom is 0.277 e. The third-order valence-corrected chi connectivity index (χ3v) is 9.75. The quantitative estimate of drug-likeness (QED) is 0.333. The van der Waals surface area contributed by atoms with Crippen LogP contribution in [0.2, 0.25) is 0 Å². The molecule has 1 N–H and O–H groups in total. The second-order valence-electron chi connectivity index (χ2n) is 9.31. The molecule has 2 aliphatic heterocycles. The number of aromatic nitrogens is 2. The van der Waals surface area contributed by atoms with Crippen LogP contribution in [-0.4, -0.2) is 74.3 Å². The number of hydroxylamine groups is 1. The summed E-state index contributed by atoms with van der Waals surface area (Å²) in [6.07, 6.45) is 9.81. The Bertz CT molecular complexity index is 1390. The van der Waals surface area contributed by atoms with Crippen molar-refractivity contribution in [2.45, 2.75) is 29.8 Å². The molecule has 0 radical (unpaired) electrons. The van der Waals surface area contributed by atoms with E-state index in [9.17, 15) is 13.2 Å². The van der Waals surface area contributed by atoms with E-state index in [1.807, 2.05) is 18.2 Å². The first kappa shape index (κ1) is 26.6. The number of piperazine rings is 1. The molecular weight excluding hydrogens is 526 g/mol. The van der Waals surface area contributed by atoms with Crippen molar-refractivity contribution < 1.29 is 22.8 Å². The number of carbonyl (C=O) groups is 1. The van der Waals surface area contributed by atoms with Crippen LogP contribution in [0.3, 0.4) is 0 Å². The van der Waals surface area contributed by atoms with E-state index in [1.165, 1.54) is 35.9 Å². The number of rotatable bonds is 8. The Labute approximate surface area is 226 Å². The highest BCUT2D eigenvalue weighted by molar-refractivity contribution is 7.92. The van der Waals surface area contributed by atoms with Gasteiger partial charge in [-0.05, 0) is 67.4 Å². The van der Waals surface area contributed by atoms with E-state index >= 15 is 0 Å². The molecular formula is C26H31N5O5S2. The molecule has 1 unspecified atom stereocenters. The third-order valence-electron chi connectivity index (χ3n) is 6.52. The molecule has 0 aliphatic carbocycles. The molecule has 2 fully saturated rings. The van der Waals surface area contributed by atoms with E-state index in [0.29, 0.717) is 12.2 Å². The third kappa shape index (κ3) is 6.33. The van der Waals surface area contributed by atoms with Crippen molar-refractivity contribution in [1.29, 1.82) is 0 Å². The Hall–Kier alpha value is -3.03. The summed E-state index contributed by atoms with van der Waals surface area (Å²) in [5.74, 6) is 0.446. The Morgan fingerprint density at radius 2 is 2.03 bits per heavy atom. The van der Waals surface area contributed by atoms with Gasteiger partial charge in [0, 0.05) is 68.8 Å². The zero-order valence-corrected chi connectivity index (χ0v) is 22.8. The summed E-state index contributed by atoms with van der Waals surface area (Å²) < 4.78 is 33.3. The summed E-state index contributed by atoms with van der Waals surface area (Å²) in [4.78, 5) is 27.2. The predicted octanol–water partition coefficient (Wildman–Crippen LogP) is 3.19. The fourth-order valence-electron chi connectivity index (χ4n) is 4.27. The van der Waals surface area contributed by atoms with Crippen LogP contribution in [0.15, 0.2) is 59.2 Å². The zero-order valence-electron chi connectivity index (χ0n) is 21.2. The summed E-state index contributed by atoms with van der Waals surface area (Å²) in [7, 11) is -1.67. The van der Waals surface area contributed by atoms with Crippen molar-refractivity contribution in [3.05, 3.63) is 60.6 Å². The molecule has 38 heavy (non-hydrogen) atoms. The zero-order chi connectivity index (χ0) is 26.5. The monoisotopic (exact) mass is 557 g/mol. The smallest absolute Gasteiger partial charge is 0.277 e. The number of hydrogen-bond donors (Lipinski definition) is 1. The standard InChI is InChI=1S/C26H31N5O5S2/c1-29-13-15-30(16-14-29)23-18-21(9-11-27-23)22-6-8-26(37-22)38(33,34)31-12-10-20(19-31)5-7-24(32)28-36-25-4-2-3-17-35-25/h5-12,18-19,25H,2-4,13-17H2,1H3,(H,28,32). The molecule has 12 heteroatoms. The molecule has 10 nitrogen and oxygen atoms in total. The number of pyridine rings is 1. The highest BCUT2D eigenvalue weighted by atomic mass is 32.2. The number of thiophene rings is 1. The van der Waals surface area contributed by atoms with Gasteiger partial charge in [-0.1, -0.05) is 0 Å². The van der Waals surface area contributed by atoms with E-state index in [-0.39, 0.29) is 4.21 Å². The highest BCUT2D eigenvalue weighted by Gasteiger charge is 2.21. The van der Waals surface area contributed by atoms with Gasteiger partial charge in [-0.25, -0.2) is 19.3 Å². The van der Waals surface area contributed by atoms with Crippen molar-refractivity contribution in [3.8, 4) is 10.4 Å². The molecule has 0 bridgehead atoms. The molecule has 5 rings (SSSR count). The van der Waals surface area contributed by atoms with Gasteiger partial charge in [0.15, 0.2) is 6.29 Å². The molecule has 3 aromatic rings. The van der Waals surface area contributed by atoms with Gasteiger partial charge in [0.25, 0.3) is 15.9 Å². The molecule has 0 saturated carbocycles. The van der Waals surface area contributed by atoms with Gasteiger partial charge >= 0.3 is 0 Å². The average Bonchev–Trinajstić information content (AvgIpc) is 3.63. The minimum atomic E-state index is -3.78. The summed E-state index contributed by atoms with van der Waals surface area (Å²) in [6.45, 7) is 4.39. The predicted molar refractivity (Wildman–Crippen MR) is 146 cm³/mol. The second kappa shape index (κ2) is 11.8. The van der Waals surface area contributed by atoms with Crippen molar-refractivity contribution in [2.75, 3.05) is 44.7 Å². The fraction of sp³-hybridized carbons (Fsp3) is 0.385. The van der Waals surface area contributed by atoms with Crippen LogP contribution in [0.5, 0.6) is 0 Å². The number of nitrogens with one attached hydrogen (secondary N) is 1. The van der Waals surface area contributed by atoms with Crippen molar-refractivity contribution in [2.24, 2.45) is 0 Å². The number of likely N-dealkylation sites (N-methyl/N-ethyl adjacent to an activating group) is 1. The van der Waals surface area contributed by atoms with Gasteiger partial charge < -0.3 is 14.5 Å². The van der Waals surface area contributed by atoms with Gasteiger partial charge in [0.2, 0.25) is 0 Å². The van der Waals surface area contributed by atoms with E-state index in [1.54, 1.807) is 18.3 Å². The Morgan fingerprint density at radius 3 is 2.82 bits per heavy atom. The van der Waals surface area contributed by atoms with Crippen LogP contribution in [0, 0.1) is 0 Å². The SMILES string of the molecule is CN1CCN(c2cc(-c3ccc(S(=O)(=O)n4ccc(C=CC(=O)NOC5CCCCO5)c4)s3)ccn2)CC1. The van der Waals surface area contributed by atoms with Crippen molar-refractivity contribution in [3.63, 3.8) is 0 Å². The average molecular weight is 558 g/mol. The van der Waals surface area contributed by atoms with Gasteiger partial charge in [-0.15, -0.1) is 11.3 Å². The van der Waals surface area contributed by atoms with Gasteiger partial charge in [0.1, 0.15) is 10.0 Å². The summed E-state index contributed by atoms with van der Waals surface area (Å²) in [5.41, 5.74) is 3.85. The van der Waals surface area contributed by atoms with E-state index in [4.69, 9.17) is 9.57 Å². The maximum atomic E-state index is 13.3. The number of hydrogen-bond acceptors (Lipinski definition) is 9. The lowest BCUT2D eigenvalue weighted by molar-refractivity contribution is -0.198. The number of nitrogens with zero attached hydrogens (tertiary/aromatic N) is 4. The van der Waals surface area contributed by atoms with Crippen LogP contribution in [0.1, 0.15) is 24.8 Å². The lowest BCUT2D eigenvalue weighted by atomic mass is 10.2. The van der Waals surface area contributed by atoms with E-state index < -0.39 is 22.2 Å². The molecule has 202 valence electrons. The van der Waals surface area contributed by atoms with E-state index in [2.05, 4.69) is 27.3 Å². The van der Waals surface area contributed by atoms with Gasteiger partial charge in [0.05, 0.1) is 0 Å². The Balaban J connectivity index is 1.23. The fourth-order valence-corrected chi connectivity index (χ4v) is 6.88. The molecule has 3 aromatic heterocycles. The molecule has 0 aromatic carbocycles. The Morgan fingerprint density at radius 1 is 1.18 bits per heavy atom. The van der Waals surface area contributed by atoms with Crippen LogP contribution < -0.4 is 10.4 Å². The molecule has 1 atom stereocenters. The number of anilines is 1. The molecule has 2 saturated heterocycles. The largest absolute Gasteiger partial charge is 0.354 e. The molecule has 0 spiro atoms. The highest BCUT2D eigenvalue weighted by Crippen LogP contribution is 2.33. The summed E-state index contributed by atoms with van der Waals surface area (Å²) >= 11 is 1.22. The minimum absolute atomic E-state index is 0.232. The van der Waals surface area contributed by atoms with Crippen molar-refractivity contribution in [1.82, 2.24) is 19.3 Å². The first-order valence-electron chi connectivity index (χ1n) is 12.6. The molecule has 5 heterocycles. The number of ether oxygens (including phenoxy) is 1. The van der Waals surface area contributed by atoms with Gasteiger partial charge in [-0.3, -0.25) is 4.79 Å². The van der Waals surface area contributed by atoms with Crippen LogP contribution in [0.25, 0.3) is 16.5 Å². The Kier molecular flexibility index (Phi) is 8.24. The second-order valence-corrected chi connectivity index (χ2v) is 12.5. The maximum absolute atomic E-state index is 13.3. The number of amides is 1. The number of carbonyl (C=O) groups excluding carboxylic acids is 1. The van der Waals surface area contributed by atoms with Gasteiger partial charge in [-0.2, -0.15) is 8.42 Å². The lowest BCUT2D eigenvalue weighted by Gasteiger charge is -2.33. The minimum Gasteiger partial charge on any atom is -0.354 e. The van der Waals surface area contributed by atoms with Crippen LogP contribution in [0.4, 0.5) is 5.82 Å². The normalized spacial score (nSPS) is 19.2. The van der Waals surface area contributed by atoms with Crippen LogP contribution >= 0.6 is 11.3 Å². The molecule has 1 amide bonds. The van der Waals surface area contributed by atoms with E-state index in [0.717, 1.165) is 65.7 Å².